The first-order valence-corrected chi connectivity index (χ1v) is 8.88. The van der Waals surface area contributed by atoms with Crippen molar-refractivity contribution in [2.24, 2.45) is 0 Å². The minimum absolute atomic E-state index is 0.775. The normalized spacial score (nSPS) is 9.88. The Morgan fingerprint density at radius 2 is 1.08 bits per heavy atom. The third-order valence-corrected chi connectivity index (χ3v) is 4.25. The maximum atomic E-state index is 5.96. The van der Waals surface area contributed by atoms with Crippen LogP contribution in [0.25, 0.3) is 6.08 Å². The molecule has 0 saturated carbocycles. The summed E-state index contributed by atoms with van der Waals surface area (Å²) in [6, 6.07) is 29.4. The van der Waals surface area contributed by atoms with Crippen LogP contribution in [-0.4, -0.2) is 0 Å². The van der Waals surface area contributed by atoms with Gasteiger partial charge in [0.1, 0.15) is 11.5 Å². The molecular formula is C21H17O2P. The Morgan fingerprint density at radius 3 is 1.58 bits per heavy atom. The molecule has 0 bridgehead atoms. The quantitative estimate of drug-likeness (QED) is 0.390. The Hall–Kier alpha value is -2.79. The van der Waals surface area contributed by atoms with Gasteiger partial charge in [0.2, 0.25) is 0 Å². The van der Waals surface area contributed by atoms with Crippen LogP contribution in [0.3, 0.4) is 0 Å². The fraction of sp³-hybridized carbons (Fsp3) is 0. The highest BCUT2D eigenvalue weighted by Gasteiger charge is 2.10. The summed E-state index contributed by atoms with van der Waals surface area (Å²) in [4.78, 5) is 0. The number of hydrogen-bond donors (Lipinski definition) is 0. The van der Waals surface area contributed by atoms with Crippen molar-refractivity contribution in [2.45, 2.75) is 0 Å². The average molecular weight is 332 g/mol. The van der Waals surface area contributed by atoms with Crippen molar-refractivity contribution in [1.29, 1.82) is 0 Å². The summed E-state index contributed by atoms with van der Waals surface area (Å²) >= 11 is 0. The van der Waals surface area contributed by atoms with Crippen LogP contribution in [0, 0.1) is 0 Å². The van der Waals surface area contributed by atoms with Gasteiger partial charge in [-0.2, -0.15) is 0 Å². The summed E-state index contributed by atoms with van der Waals surface area (Å²) in [5.41, 5.74) is 4.26. The maximum absolute atomic E-state index is 5.96. The molecule has 3 rings (SSSR count). The zero-order valence-electron chi connectivity index (χ0n) is 13.1. The number of para-hydroxylation sites is 2. The minimum atomic E-state index is -1.28. The molecule has 0 unspecified atom stereocenters. The molecule has 0 aliphatic rings. The predicted molar refractivity (Wildman–Crippen MR) is 100 cm³/mol. The first kappa shape index (κ1) is 16.1. The van der Waals surface area contributed by atoms with E-state index in [2.05, 4.69) is 5.73 Å². The standard InChI is InChI=1S/C21H17O2P/c1-4-11-19(12-5-1)13-10-18-24(22-20-14-6-2-7-15-20)23-21-16-8-3-9-17-21/h1-9,11-18H. The average Bonchev–Trinajstić information content (AvgIpc) is 2.64. The van der Waals surface area contributed by atoms with Crippen molar-refractivity contribution in [3.8, 4) is 11.5 Å². The predicted octanol–water partition coefficient (Wildman–Crippen LogP) is 6.28. The van der Waals surface area contributed by atoms with Crippen molar-refractivity contribution in [1.82, 2.24) is 0 Å². The van der Waals surface area contributed by atoms with Crippen molar-refractivity contribution in [2.75, 3.05) is 0 Å². The Labute approximate surface area is 143 Å². The molecule has 0 N–H and O–H groups in total. The van der Waals surface area contributed by atoms with Crippen LogP contribution >= 0.6 is 8.38 Å². The lowest BCUT2D eigenvalue weighted by Gasteiger charge is -2.14. The Bertz CT molecular complexity index is 754. The van der Waals surface area contributed by atoms with Crippen LogP contribution in [0.4, 0.5) is 0 Å². The van der Waals surface area contributed by atoms with Gasteiger partial charge in [-0.3, -0.25) is 0 Å². The monoisotopic (exact) mass is 332 g/mol. The Balaban J connectivity index is 1.77. The van der Waals surface area contributed by atoms with Gasteiger partial charge in [0, 0.05) is 0 Å². The summed E-state index contributed by atoms with van der Waals surface area (Å²) in [6.07, 6.45) is 1.91. The van der Waals surface area contributed by atoms with Gasteiger partial charge in [-0.15, -0.1) is 5.73 Å². The van der Waals surface area contributed by atoms with Crippen LogP contribution in [0.15, 0.2) is 103 Å². The molecule has 0 heterocycles. The molecule has 24 heavy (non-hydrogen) atoms. The smallest absolute Gasteiger partial charge is 0.326 e. The van der Waals surface area contributed by atoms with E-state index in [0.717, 1.165) is 17.1 Å². The Kier molecular flexibility index (Phi) is 5.86. The molecule has 0 spiro atoms. The third kappa shape index (κ3) is 5.14. The van der Waals surface area contributed by atoms with Gasteiger partial charge in [-0.25, -0.2) is 0 Å². The van der Waals surface area contributed by atoms with E-state index >= 15 is 0 Å². The number of hydrogen-bond acceptors (Lipinski definition) is 2. The van der Waals surface area contributed by atoms with Crippen molar-refractivity contribution in [3.63, 3.8) is 0 Å². The van der Waals surface area contributed by atoms with E-state index in [1.165, 1.54) is 0 Å². The lowest BCUT2D eigenvalue weighted by molar-refractivity contribution is 0.501. The van der Waals surface area contributed by atoms with Gasteiger partial charge in [0.05, 0.1) is 5.82 Å². The lowest BCUT2D eigenvalue weighted by atomic mass is 10.2. The van der Waals surface area contributed by atoms with Crippen LogP contribution in [-0.2, 0) is 0 Å². The number of rotatable bonds is 6. The van der Waals surface area contributed by atoms with Crippen LogP contribution < -0.4 is 9.05 Å². The highest BCUT2D eigenvalue weighted by molar-refractivity contribution is 7.51. The second-order valence-corrected chi connectivity index (χ2v) is 6.14. The molecule has 0 fully saturated rings. The van der Waals surface area contributed by atoms with Gasteiger partial charge >= 0.3 is 8.38 Å². The molecule has 2 nitrogen and oxygen atoms in total. The largest absolute Gasteiger partial charge is 0.435 e. The van der Waals surface area contributed by atoms with Gasteiger partial charge in [-0.05, 0) is 35.9 Å². The molecule has 0 atom stereocenters. The van der Waals surface area contributed by atoms with Gasteiger partial charge in [0.15, 0.2) is 0 Å². The molecular weight excluding hydrogens is 315 g/mol. The summed E-state index contributed by atoms with van der Waals surface area (Å²) in [5, 5.41) is 0. The molecule has 0 amide bonds. The topological polar surface area (TPSA) is 18.5 Å². The van der Waals surface area contributed by atoms with E-state index in [0.29, 0.717) is 0 Å². The van der Waals surface area contributed by atoms with E-state index in [-0.39, 0.29) is 0 Å². The summed E-state index contributed by atoms with van der Waals surface area (Å²) in [6.45, 7) is 0. The van der Waals surface area contributed by atoms with Gasteiger partial charge in [0.25, 0.3) is 0 Å². The molecule has 0 aromatic heterocycles. The molecule has 3 aromatic carbocycles. The van der Waals surface area contributed by atoms with Crippen LogP contribution in [0.5, 0.6) is 11.5 Å². The maximum Gasteiger partial charge on any atom is 0.326 e. The second kappa shape index (κ2) is 8.74. The third-order valence-electron chi connectivity index (χ3n) is 3.11. The lowest BCUT2D eigenvalue weighted by Crippen LogP contribution is -1.92. The van der Waals surface area contributed by atoms with Crippen molar-refractivity contribution >= 4 is 14.5 Å². The molecule has 3 heteroatoms. The van der Waals surface area contributed by atoms with Crippen molar-refractivity contribution < 1.29 is 9.05 Å². The molecule has 0 aliphatic heterocycles. The molecule has 0 aliphatic carbocycles. The second-order valence-electron chi connectivity index (χ2n) is 4.94. The zero-order chi connectivity index (χ0) is 16.5. The van der Waals surface area contributed by atoms with E-state index in [1.54, 1.807) is 0 Å². The van der Waals surface area contributed by atoms with E-state index in [4.69, 9.17) is 9.05 Å². The van der Waals surface area contributed by atoms with Crippen LogP contribution in [0.2, 0.25) is 0 Å². The first-order valence-electron chi connectivity index (χ1n) is 7.63. The molecule has 118 valence electrons. The molecule has 0 saturated heterocycles. The van der Waals surface area contributed by atoms with Crippen molar-refractivity contribution in [3.05, 3.63) is 108 Å². The minimum Gasteiger partial charge on any atom is -0.435 e. The van der Waals surface area contributed by atoms with Gasteiger partial charge < -0.3 is 9.05 Å². The highest BCUT2D eigenvalue weighted by atomic mass is 31.2. The highest BCUT2D eigenvalue weighted by Crippen LogP contribution is 2.41. The SMILES string of the molecule is C(=Cc1ccccc1)=CP(Oc1ccccc1)Oc1ccccc1. The summed E-state index contributed by atoms with van der Waals surface area (Å²) in [5.74, 6) is 3.39. The van der Waals surface area contributed by atoms with E-state index in [1.807, 2.05) is 103 Å². The van der Waals surface area contributed by atoms with Gasteiger partial charge in [-0.1, -0.05) is 66.7 Å². The summed E-state index contributed by atoms with van der Waals surface area (Å²) in [7, 11) is -1.28. The summed E-state index contributed by atoms with van der Waals surface area (Å²) < 4.78 is 11.9. The van der Waals surface area contributed by atoms with Crippen LogP contribution in [0.1, 0.15) is 5.56 Å². The fourth-order valence-corrected chi connectivity index (χ4v) is 2.98. The molecule has 3 aromatic rings. The van der Waals surface area contributed by atoms with E-state index < -0.39 is 8.38 Å². The van der Waals surface area contributed by atoms with E-state index in [9.17, 15) is 0 Å². The number of benzene rings is 3. The fourth-order valence-electron chi connectivity index (χ4n) is 1.99. The molecule has 0 radical (unpaired) electrons. The Morgan fingerprint density at radius 1 is 0.625 bits per heavy atom. The zero-order valence-corrected chi connectivity index (χ0v) is 14.0. The first-order chi connectivity index (χ1) is 11.9.